The molecule has 0 saturated carbocycles. The van der Waals surface area contributed by atoms with Gasteiger partial charge in [0.25, 0.3) is 11.7 Å². The minimum absolute atomic E-state index is 0.213. The van der Waals surface area contributed by atoms with Crippen LogP contribution in [-0.2, 0) is 4.79 Å². The predicted octanol–water partition coefficient (Wildman–Crippen LogP) is 1.48. The lowest BCUT2D eigenvalue weighted by Gasteiger charge is -2.05. The Morgan fingerprint density at radius 1 is 1.36 bits per heavy atom. The molecule has 0 radical (unpaired) electrons. The summed E-state index contributed by atoms with van der Waals surface area (Å²) in [6.45, 7) is 0. The molecule has 0 aliphatic carbocycles. The highest BCUT2D eigenvalue weighted by molar-refractivity contribution is 6.54. The van der Waals surface area contributed by atoms with E-state index in [9.17, 15) is 9.59 Å². The van der Waals surface area contributed by atoms with Crippen LogP contribution in [-0.4, -0.2) is 18.8 Å². The Bertz CT molecular complexity index is 442. The van der Waals surface area contributed by atoms with Gasteiger partial charge in [0.15, 0.2) is 0 Å². The first-order chi connectivity index (χ1) is 6.65. The van der Waals surface area contributed by atoms with Crippen molar-refractivity contribution in [3.05, 3.63) is 22.7 Å². The smallest absolute Gasteiger partial charge is 0.297 e. The molecule has 1 aromatic carbocycles. The van der Waals surface area contributed by atoms with Crippen LogP contribution in [0.2, 0.25) is 5.02 Å². The maximum Gasteiger partial charge on any atom is 0.297 e. The van der Waals surface area contributed by atoms with E-state index in [2.05, 4.69) is 5.32 Å². The fraction of sp³-hybridized carbons (Fsp3) is 0.111. The van der Waals surface area contributed by atoms with Gasteiger partial charge in [0.2, 0.25) is 0 Å². The molecule has 0 aromatic heterocycles. The molecule has 5 heteroatoms. The number of fused-ring (bicyclic) bond motifs is 1. The Kier molecular flexibility index (Phi) is 1.93. The fourth-order valence-electron chi connectivity index (χ4n) is 1.36. The number of Topliss-reactive ketones (excluding diaryl/α,β-unsaturated/α-hetero) is 1. The number of methoxy groups -OCH3 is 1. The Balaban J connectivity index is 2.71. The molecule has 2 rings (SSSR count). The molecule has 0 fully saturated rings. The van der Waals surface area contributed by atoms with E-state index in [1.54, 1.807) is 12.1 Å². The number of hydrogen-bond donors (Lipinski definition) is 1. The van der Waals surface area contributed by atoms with Crippen LogP contribution in [0.4, 0.5) is 5.69 Å². The summed E-state index contributed by atoms with van der Waals surface area (Å²) in [5.41, 5.74) is 0.547. The first-order valence-corrected chi connectivity index (χ1v) is 4.25. The average Bonchev–Trinajstić information content (AvgIpc) is 2.47. The topological polar surface area (TPSA) is 55.4 Å². The monoisotopic (exact) mass is 211 g/mol. The molecule has 1 N–H and O–H groups in total. The summed E-state index contributed by atoms with van der Waals surface area (Å²) in [5.74, 6) is -0.932. The molecule has 14 heavy (non-hydrogen) atoms. The lowest BCUT2D eigenvalue weighted by Crippen LogP contribution is -2.12. The van der Waals surface area contributed by atoms with Crippen molar-refractivity contribution in [1.29, 1.82) is 0 Å². The normalized spacial score (nSPS) is 13.9. The van der Waals surface area contributed by atoms with Gasteiger partial charge in [0.05, 0.1) is 23.4 Å². The minimum atomic E-state index is -0.675. The number of carbonyl (C=O) groups excluding carboxylic acids is 2. The Morgan fingerprint density at radius 2 is 2.07 bits per heavy atom. The van der Waals surface area contributed by atoms with Gasteiger partial charge in [-0.05, 0) is 12.1 Å². The maximum atomic E-state index is 11.4. The zero-order valence-electron chi connectivity index (χ0n) is 7.26. The van der Waals surface area contributed by atoms with E-state index < -0.39 is 11.7 Å². The molecule has 0 unspecified atom stereocenters. The van der Waals surface area contributed by atoms with Crippen molar-refractivity contribution in [2.75, 3.05) is 12.4 Å². The third kappa shape index (κ3) is 1.08. The van der Waals surface area contributed by atoms with Crippen molar-refractivity contribution in [2.24, 2.45) is 0 Å². The Morgan fingerprint density at radius 3 is 2.71 bits per heavy atom. The van der Waals surface area contributed by atoms with Gasteiger partial charge in [-0.15, -0.1) is 0 Å². The Labute approximate surface area is 84.8 Å². The van der Waals surface area contributed by atoms with Gasteiger partial charge in [-0.2, -0.15) is 0 Å². The molecule has 0 spiro atoms. The van der Waals surface area contributed by atoms with Gasteiger partial charge in [0, 0.05) is 0 Å². The van der Waals surface area contributed by atoms with Crippen molar-refractivity contribution < 1.29 is 14.3 Å². The second-order valence-corrected chi connectivity index (χ2v) is 3.19. The van der Waals surface area contributed by atoms with Gasteiger partial charge in [-0.1, -0.05) is 11.6 Å². The van der Waals surface area contributed by atoms with E-state index in [0.29, 0.717) is 16.5 Å². The van der Waals surface area contributed by atoms with E-state index in [0.717, 1.165) is 0 Å². The number of rotatable bonds is 1. The van der Waals surface area contributed by atoms with E-state index in [4.69, 9.17) is 16.3 Å². The van der Waals surface area contributed by atoms with E-state index in [-0.39, 0.29) is 5.56 Å². The van der Waals surface area contributed by atoms with Crippen molar-refractivity contribution in [1.82, 2.24) is 0 Å². The second kappa shape index (κ2) is 2.99. The van der Waals surface area contributed by atoms with Gasteiger partial charge >= 0.3 is 0 Å². The molecule has 1 amide bonds. The lowest BCUT2D eigenvalue weighted by atomic mass is 10.1. The molecule has 1 aliphatic heterocycles. The van der Waals surface area contributed by atoms with Gasteiger partial charge in [-0.25, -0.2) is 0 Å². The highest BCUT2D eigenvalue weighted by Gasteiger charge is 2.33. The molecule has 1 heterocycles. The van der Waals surface area contributed by atoms with Crippen LogP contribution in [0, 0.1) is 0 Å². The van der Waals surface area contributed by atoms with Crippen molar-refractivity contribution >= 4 is 29.0 Å². The summed E-state index contributed by atoms with van der Waals surface area (Å²) in [6, 6.07) is 3.12. The molecule has 4 nitrogen and oxygen atoms in total. The van der Waals surface area contributed by atoms with Gasteiger partial charge in [0.1, 0.15) is 5.75 Å². The molecule has 0 saturated heterocycles. The van der Waals surface area contributed by atoms with Crippen LogP contribution in [0.1, 0.15) is 10.4 Å². The third-order valence-electron chi connectivity index (χ3n) is 2.01. The van der Waals surface area contributed by atoms with Gasteiger partial charge in [-0.3, -0.25) is 9.59 Å². The maximum absolute atomic E-state index is 11.4. The summed E-state index contributed by atoms with van der Waals surface area (Å²) in [7, 11) is 1.43. The fourth-order valence-corrected chi connectivity index (χ4v) is 1.56. The number of ketones is 1. The first-order valence-electron chi connectivity index (χ1n) is 3.87. The minimum Gasteiger partial charge on any atom is -0.496 e. The standard InChI is InChI=1S/C9H6ClNO3/c1-14-5-3-2-4(10)7-6(5)8(12)9(13)11-7/h2-3H,1H3,(H,11,12,13). The number of hydrogen-bond acceptors (Lipinski definition) is 3. The van der Waals surface area contributed by atoms with Crippen LogP contribution in [0.3, 0.4) is 0 Å². The number of amides is 1. The van der Waals surface area contributed by atoms with Crippen LogP contribution in [0.15, 0.2) is 12.1 Å². The number of nitrogens with one attached hydrogen (secondary N) is 1. The summed E-state index contributed by atoms with van der Waals surface area (Å²) in [5, 5.41) is 2.72. The van der Waals surface area contributed by atoms with E-state index in [1.165, 1.54) is 7.11 Å². The van der Waals surface area contributed by atoms with Crippen molar-refractivity contribution in [2.45, 2.75) is 0 Å². The number of ether oxygens (including phenoxy) is 1. The quantitative estimate of drug-likeness (QED) is 0.716. The molecular weight excluding hydrogens is 206 g/mol. The summed E-state index contributed by atoms with van der Waals surface area (Å²) >= 11 is 5.81. The first kappa shape index (κ1) is 9.02. The number of halogens is 1. The SMILES string of the molecule is COc1ccc(Cl)c2c1C(=O)C(=O)N2. The average molecular weight is 212 g/mol. The zero-order chi connectivity index (χ0) is 10.3. The number of carbonyl (C=O) groups is 2. The van der Waals surface area contributed by atoms with Crippen molar-refractivity contribution in [3.8, 4) is 5.75 Å². The van der Waals surface area contributed by atoms with Crippen molar-refractivity contribution in [3.63, 3.8) is 0 Å². The van der Waals surface area contributed by atoms with Crippen LogP contribution in [0.5, 0.6) is 5.75 Å². The van der Waals surface area contributed by atoms with E-state index >= 15 is 0 Å². The van der Waals surface area contributed by atoms with E-state index in [1.807, 2.05) is 0 Å². The Hall–Kier alpha value is -1.55. The van der Waals surface area contributed by atoms with Crippen LogP contribution in [0.25, 0.3) is 0 Å². The summed E-state index contributed by atoms with van der Waals surface area (Å²) in [4.78, 5) is 22.5. The van der Waals surface area contributed by atoms with Crippen LogP contribution < -0.4 is 10.1 Å². The number of benzene rings is 1. The lowest BCUT2D eigenvalue weighted by molar-refractivity contribution is -0.112. The summed E-state index contributed by atoms with van der Waals surface area (Å²) < 4.78 is 4.96. The summed E-state index contributed by atoms with van der Waals surface area (Å²) in [6.07, 6.45) is 0. The largest absolute Gasteiger partial charge is 0.496 e. The number of anilines is 1. The molecule has 0 bridgehead atoms. The molecule has 72 valence electrons. The second-order valence-electron chi connectivity index (χ2n) is 2.78. The van der Waals surface area contributed by atoms with Gasteiger partial charge < -0.3 is 10.1 Å². The highest BCUT2D eigenvalue weighted by Crippen LogP contribution is 2.37. The molecule has 1 aromatic rings. The third-order valence-corrected chi connectivity index (χ3v) is 2.32. The van der Waals surface area contributed by atoms with Crippen LogP contribution >= 0.6 is 11.6 Å². The molecule has 0 atom stereocenters. The highest BCUT2D eigenvalue weighted by atomic mass is 35.5. The zero-order valence-corrected chi connectivity index (χ0v) is 8.01. The predicted molar refractivity (Wildman–Crippen MR) is 51.0 cm³/mol. The molecule has 1 aliphatic rings. The molecular formula is C9H6ClNO3.